The zero-order valence-corrected chi connectivity index (χ0v) is 20.6. The van der Waals surface area contributed by atoms with Gasteiger partial charge in [0.15, 0.2) is 0 Å². The number of hydrogen-bond acceptors (Lipinski definition) is 2. The van der Waals surface area contributed by atoms with Gasteiger partial charge in [0.1, 0.15) is 5.65 Å². The number of imidazole rings is 1. The van der Waals surface area contributed by atoms with Gasteiger partial charge in [0, 0.05) is 22.2 Å². The molecule has 0 amide bonds. The van der Waals surface area contributed by atoms with E-state index in [1.54, 1.807) is 0 Å². The molecular weight excluding hydrogens is 378 g/mol. The summed E-state index contributed by atoms with van der Waals surface area (Å²) in [5, 5.41) is 0.961. The first-order valence-corrected chi connectivity index (χ1v) is 11.3. The SMILES string of the molecule is [2H]c1c2c(c([2H])c3c1nc1c4ccc(C(C)(C)C)nc4cc(C)n13)C(C)(C)C(C)(C)C2(C)C. The van der Waals surface area contributed by atoms with Crippen LogP contribution in [-0.2, 0) is 16.2 Å². The highest BCUT2D eigenvalue weighted by Gasteiger charge is 2.56. The summed E-state index contributed by atoms with van der Waals surface area (Å²) in [4.78, 5) is 9.96. The van der Waals surface area contributed by atoms with Gasteiger partial charge in [0.2, 0.25) is 0 Å². The van der Waals surface area contributed by atoms with Crippen molar-refractivity contribution < 1.29 is 2.74 Å². The lowest BCUT2D eigenvalue weighted by Crippen LogP contribution is -2.42. The quantitative estimate of drug-likeness (QED) is 0.303. The summed E-state index contributed by atoms with van der Waals surface area (Å²) in [5.41, 5.74) is 6.43. The molecule has 1 aromatic carbocycles. The maximum atomic E-state index is 9.39. The Bertz CT molecular complexity index is 1500. The molecule has 3 heteroatoms. The van der Waals surface area contributed by atoms with Crippen LogP contribution in [0.3, 0.4) is 0 Å². The molecule has 0 saturated carbocycles. The largest absolute Gasteiger partial charge is 0.296 e. The highest BCUT2D eigenvalue weighted by atomic mass is 15.0. The second-order valence-corrected chi connectivity index (χ2v) is 12.0. The van der Waals surface area contributed by atoms with Crippen LogP contribution in [0.25, 0.3) is 27.6 Å². The zero-order valence-electron chi connectivity index (χ0n) is 22.6. The van der Waals surface area contributed by atoms with Gasteiger partial charge in [-0.1, -0.05) is 62.3 Å². The van der Waals surface area contributed by atoms with Crippen LogP contribution in [0, 0.1) is 12.3 Å². The molecule has 1 aliphatic carbocycles. The van der Waals surface area contributed by atoms with Gasteiger partial charge in [-0.15, -0.1) is 0 Å². The minimum absolute atomic E-state index is 0.0399. The fourth-order valence-corrected chi connectivity index (χ4v) is 5.31. The lowest BCUT2D eigenvalue weighted by molar-refractivity contribution is 0.125. The summed E-state index contributed by atoms with van der Waals surface area (Å²) in [5.74, 6) is 0. The van der Waals surface area contributed by atoms with E-state index >= 15 is 0 Å². The number of hydrogen-bond donors (Lipinski definition) is 0. The van der Waals surface area contributed by atoms with Crippen molar-refractivity contribution in [1.29, 1.82) is 0 Å². The highest BCUT2D eigenvalue weighted by Crippen LogP contribution is 2.61. The number of benzene rings is 1. The molecule has 31 heavy (non-hydrogen) atoms. The van der Waals surface area contributed by atoms with Crippen LogP contribution in [0.2, 0.25) is 0 Å². The lowest BCUT2D eigenvalue weighted by Gasteiger charge is -2.44. The summed E-state index contributed by atoms with van der Waals surface area (Å²) in [6.45, 7) is 22.0. The van der Waals surface area contributed by atoms with Crippen molar-refractivity contribution in [2.75, 3.05) is 0 Å². The predicted octanol–water partition coefficient (Wildman–Crippen LogP) is 7.24. The molecule has 0 atom stereocenters. The average Bonchev–Trinajstić information content (AvgIpc) is 3.14. The van der Waals surface area contributed by atoms with E-state index in [1.165, 1.54) is 0 Å². The Labute approximate surface area is 188 Å². The van der Waals surface area contributed by atoms with Crippen molar-refractivity contribution in [1.82, 2.24) is 14.4 Å². The van der Waals surface area contributed by atoms with Gasteiger partial charge in [-0.05, 0) is 64.6 Å². The first kappa shape index (κ1) is 18.2. The molecular formula is C28H35N3. The van der Waals surface area contributed by atoms with E-state index in [9.17, 15) is 2.74 Å². The van der Waals surface area contributed by atoms with Gasteiger partial charge < -0.3 is 0 Å². The van der Waals surface area contributed by atoms with Crippen LogP contribution in [0.4, 0.5) is 0 Å². The Morgan fingerprint density at radius 3 is 2.10 bits per heavy atom. The van der Waals surface area contributed by atoms with Gasteiger partial charge in [-0.2, -0.15) is 0 Å². The number of aromatic nitrogens is 3. The van der Waals surface area contributed by atoms with Crippen LogP contribution in [0.15, 0.2) is 30.3 Å². The smallest absolute Gasteiger partial charge is 0.147 e. The minimum atomic E-state index is -0.247. The van der Waals surface area contributed by atoms with Crippen molar-refractivity contribution >= 4 is 27.6 Å². The standard InChI is InChI=1S/C28H35N3/c1-16-13-20-17(11-12-23(29-20)25(2,3)4)24-30-21-14-18-19(15-22(21)31(16)24)27(7,8)28(9,10)26(18,5)6/h11-15H,1-10H3/i14D,15D. The molecule has 1 aliphatic rings. The van der Waals surface area contributed by atoms with Crippen LogP contribution < -0.4 is 0 Å². The van der Waals surface area contributed by atoms with E-state index in [0.717, 1.165) is 44.6 Å². The van der Waals surface area contributed by atoms with Crippen LogP contribution in [0.1, 0.15) is 87.6 Å². The first-order valence-electron chi connectivity index (χ1n) is 12.3. The summed E-state index contributed by atoms with van der Waals surface area (Å²) < 4.78 is 20.7. The zero-order chi connectivity index (χ0) is 24.5. The Kier molecular flexibility index (Phi) is 3.33. The second kappa shape index (κ2) is 5.68. The average molecular weight is 416 g/mol. The third kappa shape index (κ3) is 2.41. The van der Waals surface area contributed by atoms with Gasteiger partial charge in [-0.25, -0.2) is 4.98 Å². The molecule has 3 aromatic heterocycles. The molecule has 0 aliphatic heterocycles. The monoisotopic (exact) mass is 415 g/mol. The van der Waals surface area contributed by atoms with E-state index in [4.69, 9.17) is 9.97 Å². The number of rotatable bonds is 0. The molecule has 162 valence electrons. The molecule has 0 N–H and O–H groups in total. The van der Waals surface area contributed by atoms with Crippen LogP contribution >= 0.6 is 0 Å². The number of pyridine rings is 2. The molecule has 0 bridgehead atoms. The van der Waals surface area contributed by atoms with Crippen molar-refractivity contribution in [3.8, 4) is 0 Å². The van der Waals surface area contributed by atoms with Gasteiger partial charge in [-0.3, -0.25) is 9.38 Å². The fourth-order valence-electron chi connectivity index (χ4n) is 5.31. The Morgan fingerprint density at radius 1 is 0.871 bits per heavy atom. The topological polar surface area (TPSA) is 30.2 Å². The fraction of sp³-hybridized carbons (Fsp3) is 0.500. The number of fused-ring (bicyclic) bond motifs is 6. The van der Waals surface area contributed by atoms with E-state index in [1.807, 2.05) is 6.92 Å². The third-order valence-corrected chi connectivity index (χ3v) is 8.62. The Balaban J connectivity index is 1.97. The van der Waals surface area contributed by atoms with E-state index in [0.29, 0.717) is 17.6 Å². The highest BCUT2D eigenvalue weighted by molar-refractivity contribution is 5.97. The molecule has 3 nitrogen and oxygen atoms in total. The molecule has 5 rings (SSSR count). The Hall–Kier alpha value is -2.42. The minimum Gasteiger partial charge on any atom is -0.296 e. The van der Waals surface area contributed by atoms with E-state index in [2.05, 4.69) is 84.9 Å². The number of nitrogens with zero attached hydrogens (tertiary/aromatic N) is 3. The van der Waals surface area contributed by atoms with Crippen LogP contribution in [0.5, 0.6) is 0 Å². The third-order valence-electron chi connectivity index (χ3n) is 8.62. The van der Waals surface area contributed by atoms with Crippen molar-refractivity contribution in [2.24, 2.45) is 5.41 Å². The molecule has 4 aromatic rings. The molecule has 0 fully saturated rings. The van der Waals surface area contributed by atoms with Gasteiger partial charge in [0.05, 0.1) is 19.3 Å². The first-order chi connectivity index (χ1) is 15.0. The second-order valence-electron chi connectivity index (χ2n) is 12.0. The van der Waals surface area contributed by atoms with Crippen molar-refractivity contribution in [2.45, 2.75) is 85.5 Å². The molecule has 0 unspecified atom stereocenters. The molecule has 0 spiro atoms. The Morgan fingerprint density at radius 2 is 1.48 bits per heavy atom. The summed E-state index contributed by atoms with van der Waals surface area (Å²) in [7, 11) is 0. The predicted molar refractivity (Wildman–Crippen MR) is 131 cm³/mol. The maximum absolute atomic E-state index is 9.39. The normalized spacial score (nSPS) is 20.3. The summed E-state index contributed by atoms with van der Waals surface area (Å²) >= 11 is 0. The lowest BCUT2D eigenvalue weighted by atomic mass is 9.59. The van der Waals surface area contributed by atoms with E-state index in [-0.39, 0.29) is 21.7 Å². The number of aryl methyl sites for hydroxylation is 1. The molecule has 0 radical (unpaired) electrons. The van der Waals surface area contributed by atoms with Crippen molar-refractivity contribution in [3.05, 3.63) is 52.8 Å². The van der Waals surface area contributed by atoms with Gasteiger partial charge in [0.25, 0.3) is 0 Å². The summed E-state index contributed by atoms with van der Waals surface area (Å²) in [6.07, 6.45) is 0. The van der Waals surface area contributed by atoms with Gasteiger partial charge >= 0.3 is 0 Å². The molecule has 3 heterocycles. The van der Waals surface area contributed by atoms with E-state index < -0.39 is 0 Å². The molecule has 0 saturated heterocycles. The van der Waals surface area contributed by atoms with Crippen molar-refractivity contribution in [3.63, 3.8) is 0 Å². The van der Waals surface area contributed by atoms with Crippen LogP contribution in [-0.4, -0.2) is 14.4 Å². The maximum Gasteiger partial charge on any atom is 0.147 e. The summed E-state index contributed by atoms with van der Waals surface area (Å²) in [6, 6.07) is 7.24.